The van der Waals surface area contributed by atoms with E-state index in [0.29, 0.717) is 54.3 Å². The number of rotatable bonds is 11. The van der Waals surface area contributed by atoms with E-state index in [1.807, 2.05) is 41.3 Å². The van der Waals surface area contributed by atoms with E-state index < -0.39 is 6.04 Å². The van der Waals surface area contributed by atoms with Crippen LogP contribution in [0.2, 0.25) is 10.0 Å². The fourth-order valence-corrected chi connectivity index (χ4v) is 7.21. The van der Waals surface area contributed by atoms with Gasteiger partial charge in [-0.15, -0.1) is 0 Å². The number of benzene rings is 3. The number of halogens is 2. The maximum atomic E-state index is 13.9. The van der Waals surface area contributed by atoms with Crippen LogP contribution in [-0.4, -0.2) is 79.4 Å². The summed E-state index contributed by atoms with van der Waals surface area (Å²) in [5, 5.41) is 26.9. The third kappa shape index (κ3) is 7.85. The normalized spacial score (nSPS) is 18.9. The molecule has 3 aromatic rings. The summed E-state index contributed by atoms with van der Waals surface area (Å²) in [6, 6.07) is 18.0. The fourth-order valence-electron chi connectivity index (χ4n) is 6.90. The summed E-state index contributed by atoms with van der Waals surface area (Å²) in [6.45, 7) is 1.95. The number of methoxy groups -OCH3 is 1. The minimum absolute atomic E-state index is 0.0361. The van der Waals surface area contributed by atoms with Gasteiger partial charge in [0.15, 0.2) is 0 Å². The predicted molar refractivity (Wildman–Crippen MR) is 184 cm³/mol. The van der Waals surface area contributed by atoms with E-state index in [9.17, 15) is 19.6 Å². The predicted octanol–water partition coefficient (Wildman–Crippen LogP) is 5.42. The van der Waals surface area contributed by atoms with Gasteiger partial charge in [-0.1, -0.05) is 53.5 Å². The van der Waals surface area contributed by atoms with Gasteiger partial charge in [0.05, 0.1) is 40.4 Å². The largest absolute Gasteiger partial charge is 0.495 e. The average Bonchev–Trinajstić information content (AvgIpc) is 3.11. The first-order valence-electron chi connectivity index (χ1n) is 16.2. The molecule has 2 saturated heterocycles. The van der Waals surface area contributed by atoms with E-state index in [0.717, 1.165) is 30.2 Å². The highest BCUT2D eigenvalue weighted by Crippen LogP contribution is 2.33. The lowest BCUT2D eigenvalue weighted by molar-refractivity contribution is -0.140. The SMILES string of the molecule is COc1c(C#N)cc2ccccc2c1C(=O)NCC(CCN1CCC(N2CCCCC2=O)C[C@H]1C(=O)NCC#N)c1ccc(Cl)c(Cl)c1. The molecule has 2 heterocycles. The van der Waals surface area contributed by atoms with Crippen LogP contribution in [0.15, 0.2) is 48.5 Å². The molecule has 2 unspecified atom stereocenters. The van der Waals surface area contributed by atoms with E-state index >= 15 is 0 Å². The first-order chi connectivity index (χ1) is 23.2. The molecular weight excluding hydrogens is 651 g/mol. The molecule has 3 amide bonds. The van der Waals surface area contributed by atoms with Crippen LogP contribution >= 0.6 is 23.2 Å². The second kappa shape index (κ2) is 16.2. The second-order valence-electron chi connectivity index (χ2n) is 12.2. The molecule has 0 bridgehead atoms. The third-order valence-electron chi connectivity index (χ3n) is 9.37. The molecule has 12 heteroatoms. The van der Waals surface area contributed by atoms with Crippen LogP contribution in [0.4, 0.5) is 0 Å². The molecule has 3 atom stereocenters. The smallest absolute Gasteiger partial charge is 0.255 e. The molecule has 2 N–H and O–H groups in total. The van der Waals surface area contributed by atoms with E-state index in [2.05, 4.69) is 21.6 Å². The Hall–Kier alpha value is -4.35. The summed E-state index contributed by atoms with van der Waals surface area (Å²) in [6.07, 6.45) is 4.16. The van der Waals surface area contributed by atoms with Crippen LogP contribution in [0, 0.1) is 22.7 Å². The summed E-state index contributed by atoms with van der Waals surface area (Å²) in [5.74, 6) is -0.492. The van der Waals surface area contributed by atoms with Crippen molar-refractivity contribution in [2.75, 3.05) is 39.8 Å². The molecule has 250 valence electrons. The number of ether oxygens (including phenoxy) is 1. The Kier molecular flexibility index (Phi) is 11.8. The molecule has 5 rings (SSSR count). The van der Waals surface area contributed by atoms with Crippen molar-refractivity contribution in [3.63, 3.8) is 0 Å². The number of nitrogens with zero attached hydrogens (tertiary/aromatic N) is 4. The number of hydrogen-bond acceptors (Lipinski definition) is 7. The van der Waals surface area contributed by atoms with Crippen LogP contribution in [0.5, 0.6) is 5.75 Å². The second-order valence-corrected chi connectivity index (χ2v) is 13.0. The minimum atomic E-state index is -0.514. The summed E-state index contributed by atoms with van der Waals surface area (Å²) in [5.41, 5.74) is 1.41. The molecule has 3 aromatic carbocycles. The van der Waals surface area contributed by atoms with Gasteiger partial charge in [-0.05, 0) is 73.2 Å². The van der Waals surface area contributed by atoms with Crippen LogP contribution in [-0.2, 0) is 9.59 Å². The molecule has 0 saturated carbocycles. The van der Waals surface area contributed by atoms with E-state index in [1.165, 1.54) is 7.11 Å². The van der Waals surface area contributed by atoms with E-state index in [-0.39, 0.29) is 59.6 Å². The minimum Gasteiger partial charge on any atom is -0.495 e. The van der Waals surface area contributed by atoms with Crippen molar-refractivity contribution in [3.05, 3.63) is 75.3 Å². The number of nitrogens with one attached hydrogen (secondary N) is 2. The lowest BCUT2D eigenvalue weighted by atomic mass is 9.91. The maximum Gasteiger partial charge on any atom is 0.255 e. The topological polar surface area (TPSA) is 139 Å². The number of fused-ring (bicyclic) bond motifs is 1. The molecule has 2 aliphatic heterocycles. The van der Waals surface area contributed by atoms with Gasteiger partial charge in [0.25, 0.3) is 5.91 Å². The van der Waals surface area contributed by atoms with Gasteiger partial charge in [0.1, 0.15) is 18.4 Å². The van der Waals surface area contributed by atoms with Gasteiger partial charge < -0.3 is 20.3 Å². The Morgan fingerprint density at radius 3 is 2.60 bits per heavy atom. The molecule has 2 fully saturated rings. The van der Waals surface area contributed by atoms with Crippen LogP contribution in [0.1, 0.15) is 65.9 Å². The quantitative estimate of drug-likeness (QED) is 0.257. The highest BCUT2D eigenvalue weighted by Gasteiger charge is 2.38. The summed E-state index contributed by atoms with van der Waals surface area (Å²) < 4.78 is 5.56. The van der Waals surface area contributed by atoms with Crippen molar-refractivity contribution in [1.82, 2.24) is 20.4 Å². The number of carbonyl (C=O) groups excluding carboxylic acids is 3. The molecule has 10 nitrogen and oxygen atoms in total. The van der Waals surface area contributed by atoms with Crippen molar-refractivity contribution in [3.8, 4) is 17.9 Å². The number of hydrogen-bond donors (Lipinski definition) is 2. The van der Waals surface area contributed by atoms with Gasteiger partial charge in [-0.2, -0.15) is 10.5 Å². The third-order valence-corrected chi connectivity index (χ3v) is 10.1. The number of carbonyl (C=O) groups is 3. The number of amides is 3. The highest BCUT2D eigenvalue weighted by molar-refractivity contribution is 6.42. The Bertz CT molecular complexity index is 1770. The average molecular weight is 690 g/mol. The first kappa shape index (κ1) is 35.0. The number of piperidine rings is 2. The van der Waals surface area contributed by atoms with Gasteiger partial charge >= 0.3 is 0 Å². The Labute approximate surface area is 290 Å². The van der Waals surface area contributed by atoms with Crippen molar-refractivity contribution in [1.29, 1.82) is 10.5 Å². The number of nitriles is 2. The van der Waals surface area contributed by atoms with Crippen molar-refractivity contribution >= 4 is 51.7 Å². The van der Waals surface area contributed by atoms with Crippen molar-refractivity contribution in [2.45, 2.75) is 56.5 Å². The number of likely N-dealkylation sites (tertiary alicyclic amines) is 2. The molecule has 48 heavy (non-hydrogen) atoms. The van der Waals surface area contributed by atoms with Gasteiger partial charge in [-0.3, -0.25) is 19.3 Å². The molecule has 0 aliphatic carbocycles. The molecule has 0 spiro atoms. The summed E-state index contributed by atoms with van der Waals surface area (Å²) in [4.78, 5) is 43.9. The van der Waals surface area contributed by atoms with E-state index in [4.69, 9.17) is 33.2 Å². The summed E-state index contributed by atoms with van der Waals surface area (Å²) >= 11 is 12.7. The van der Waals surface area contributed by atoms with Crippen molar-refractivity contribution < 1.29 is 19.1 Å². The Morgan fingerprint density at radius 1 is 1.06 bits per heavy atom. The highest BCUT2D eigenvalue weighted by atomic mass is 35.5. The van der Waals surface area contributed by atoms with Crippen LogP contribution < -0.4 is 15.4 Å². The van der Waals surface area contributed by atoms with Crippen molar-refractivity contribution in [2.24, 2.45) is 0 Å². The van der Waals surface area contributed by atoms with Gasteiger partial charge in [-0.25, -0.2) is 0 Å². The van der Waals surface area contributed by atoms with E-state index in [1.54, 1.807) is 18.2 Å². The molecule has 2 aliphatic rings. The Morgan fingerprint density at radius 2 is 1.88 bits per heavy atom. The zero-order valence-electron chi connectivity index (χ0n) is 26.8. The fraction of sp³-hybridized carbons (Fsp3) is 0.417. The monoisotopic (exact) mass is 688 g/mol. The zero-order chi connectivity index (χ0) is 34.2. The van der Waals surface area contributed by atoms with Gasteiger partial charge in [0.2, 0.25) is 11.8 Å². The lowest BCUT2D eigenvalue weighted by Gasteiger charge is -2.44. The standard InChI is InChI=1S/C36H38Cl2N6O4/c1-48-34-26(21-40)18-24-6-2-3-7-28(24)33(34)36(47)42-22-25(23-9-10-29(37)30(38)19-23)11-16-43-17-12-27(44-15-5-4-8-32(44)45)20-31(43)35(46)41-14-13-39/h2-3,6-7,9-10,18-19,25,27,31H,4-5,8,11-12,14-17,20,22H2,1H3,(H,41,46)(H,42,47)/t25?,27?,31-/m0/s1. The van der Waals surface area contributed by atoms with Gasteiger partial charge in [0, 0.05) is 38.0 Å². The molecular formula is C36H38Cl2N6O4. The zero-order valence-corrected chi connectivity index (χ0v) is 28.3. The van der Waals surface area contributed by atoms with Crippen LogP contribution in [0.3, 0.4) is 0 Å². The molecule has 0 aromatic heterocycles. The summed E-state index contributed by atoms with van der Waals surface area (Å²) in [7, 11) is 1.44. The maximum absolute atomic E-state index is 13.9. The Balaban J connectivity index is 1.38. The van der Waals surface area contributed by atoms with Crippen LogP contribution in [0.25, 0.3) is 10.8 Å². The first-order valence-corrected chi connectivity index (χ1v) is 16.9. The molecule has 0 radical (unpaired) electrons. The lowest BCUT2D eigenvalue weighted by Crippen LogP contribution is -2.57.